The lowest BCUT2D eigenvalue weighted by atomic mass is 10.1. The molecule has 156 valence electrons. The average molecular weight is 449 g/mol. The Kier molecular flexibility index (Phi) is 5.71. The van der Waals surface area contributed by atoms with E-state index in [4.69, 9.17) is 21.1 Å². The van der Waals surface area contributed by atoms with Crippen LogP contribution in [0.3, 0.4) is 0 Å². The van der Waals surface area contributed by atoms with E-state index in [0.29, 0.717) is 58.1 Å². The minimum absolute atomic E-state index is 0.126. The van der Waals surface area contributed by atoms with Crippen molar-refractivity contribution >= 4 is 55.6 Å². The predicted octanol–water partition coefficient (Wildman–Crippen LogP) is 3.96. The summed E-state index contributed by atoms with van der Waals surface area (Å²) >= 11 is 7.42. The fraction of sp³-hybridized carbons (Fsp3) is 0.263. The molecule has 1 aliphatic rings. The average Bonchev–Trinajstić information content (AvgIpc) is 3.18. The summed E-state index contributed by atoms with van der Waals surface area (Å²) in [5.41, 5.74) is 1.05. The summed E-state index contributed by atoms with van der Waals surface area (Å²) in [7, 11) is 1.52. The lowest BCUT2D eigenvalue weighted by Crippen LogP contribution is -2.36. The minimum Gasteiger partial charge on any atom is -0.494 e. The number of nitrogens with zero attached hydrogens (tertiary/aromatic N) is 3. The normalized spacial score (nSPS) is 14.0. The number of methoxy groups -OCH3 is 1. The number of halogens is 1. The molecule has 30 heavy (non-hydrogen) atoms. The maximum atomic E-state index is 12.7. The van der Waals surface area contributed by atoms with E-state index in [1.807, 2.05) is 4.90 Å². The smallest absolute Gasteiger partial charge is 0.293 e. The fourth-order valence-corrected chi connectivity index (χ4v) is 4.37. The number of nitrogens with one attached hydrogen (secondary N) is 1. The quantitative estimate of drug-likeness (QED) is 0.465. The van der Waals surface area contributed by atoms with Gasteiger partial charge >= 0.3 is 0 Å². The first kappa shape index (κ1) is 20.3. The molecule has 0 unspecified atom stereocenters. The number of ether oxygens (including phenoxy) is 2. The van der Waals surface area contributed by atoms with Gasteiger partial charge < -0.3 is 14.4 Å². The van der Waals surface area contributed by atoms with Gasteiger partial charge in [0.2, 0.25) is 0 Å². The lowest BCUT2D eigenvalue weighted by Gasteiger charge is -2.28. The highest BCUT2D eigenvalue weighted by molar-refractivity contribution is 7.23. The third kappa shape index (κ3) is 3.89. The maximum absolute atomic E-state index is 12.7. The van der Waals surface area contributed by atoms with Gasteiger partial charge in [-0.25, -0.2) is 4.98 Å². The third-order valence-electron chi connectivity index (χ3n) is 4.68. The van der Waals surface area contributed by atoms with E-state index in [1.165, 1.54) is 24.5 Å². The summed E-state index contributed by atoms with van der Waals surface area (Å²) in [6.07, 6.45) is 0. The van der Waals surface area contributed by atoms with Crippen LogP contribution < -0.4 is 15.0 Å². The first-order valence-electron chi connectivity index (χ1n) is 9.03. The minimum atomic E-state index is -0.499. The Hall–Kier alpha value is -2.95. The van der Waals surface area contributed by atoms with Crippen LogP contribution in [0.4, 0.5) is 16.5 Å². The van der Waals surface area contributed by atoms with Crippen molar-refractivity contribution in [1.82, 2.24) is 4.98 Å². The first-order chi connectivity index (χ1) is 14.5. The molecular weight excluding hydrogens is 432 g/mol. The van der Waals surface area contributed by atoms with Crippen LogP contribution in [-0.4, -0.2) is 49.2 Å². The molecule has 4 rings (SSSR count). The van der Waals surface area contributed by atoms with Gasteiger partial charge in [-0.05, 0) is 24.3 Å². The number of carbonyl (C=O) groups is 1. The Morgan fingerprint density at radius 3 is 2.80 bits per heavy atom. The van der Waals surface area contributed by atoms with Crippen molar-refractivity contribution < 1.29 is 19.2 Å². The summed E-state index contributed by atoms with van der Waals surface area (Å²) in [4.78, 5) is 30.1. The number of thiazole rings is 1. The van der Waals surface area contributed by atoms with Crippen molar-refractivity contribution in [3.05, 3.63) is 51.0 Å². The van der Waals surface area contributed by atoms with E-state index < -0.39 is 10.8 Å². The van der Waals surface area contributed by atoms with Crippen molar-refractivity contribution in [3.8, 4) is 5.75 Å². The molecule has 1 aliphatic heterocycles. The second-order valence-corrected chi connectivity index (χ2v) is 7.87. The number of fused-ring (bicyclic) bond motifs is 1. The molecule has 0 aliphatic carbocycles. The Balaban J connectivity index is 1.62. The molecule has 0 atom stereocenters. The topological polar surface area (TPSA) is 107 Å². The summed E-state index contributed by atoms with van der Waals surface area (Å²) in [6.45, 7) is 2.12. The zero-order chi connectivity index (χ0) is 21.3. The van der Waals surface area contributed by atoms with Gasteiger partial charge in [0.25, 0.3) is 11.6 Å². The van der Waals surface area contributed by atoms with E-state index in [0.717, 1.165) is 0 Å². The van der Waals surface area contributed by atoms with Crippen molar-refractivity contribution in [2.45, 2.75) is 0 Å². The molecule has 9 nitrogen and oxygen atoms in total. The molecule has 0 spiro atoms. The van der Waals surface area contributed by atoms with Crippen LogP contribution >= 0.6 is 22.9 Å². The van der Waals surface area contributed by atoms with Crippen LogP contribution in [-0.2, 0) is 4.74 Å². The number of nitro benzene ring substituents is 1. The molecule has 1 amide bonds. The molecule has 3 aromatic rings. The van der Waals surface area contributed by atoms with E-state index in [1.54, 1.807) is 24.3 Å². The van der Waals surface area contributed by atoms with Gasteiger partial charge in [0, 0.05) is 24.7 Å². The van der Waals surface area contributed by atoms with Crippen molar-refractivity contribution in [1.29, 1.82) is 0 Å². The number of benzene rings is 2. The second-order valence-electron chi connectivity index (χ2n) is 6.46. The highest BCUT2D eigenvalue weighted by atomic mass is 35.5. The molecule has 1 N–H and O–H groups in total. The first-order valence-corrected chi connectivity index (χ1v) is 10.2. The molecule has 2 heterocycles. The largest absolute Gasteiger partial charge is 0.494 e. The van der Waals surface area contributed by atoms with Gasteiger partial charge in [-0.15, -0.1) is 0 Å². The predicted molar refractivity (Wildman–Crippen MR) is 115 cm³/mol. The number of aromatic nitrogens is 1. The number of nitro groups is 1. The van der Waals surface area contributed by atoms with E-state index in [9.17, 15) is 14.9 Å². The number of hydrogen-bond acceptors (Lipinski definition) is 8. The number of morpholine rings is 1. The van der Waals surface area contributed by atoms with Gasteiger partial charge in [-0.3, -0.25) is 20.2 Å². The molecule has 0 radical (unpaired) electrons. The molecule has 1 fully saturated rings. The third-order valence-corrected chi connectivity index (χ3v) is 6.12. The Bertz CT molecular complexity index is 1130. The van der Waals surface area contributed by atoms with Crippen LogP contribution in [0.5, 0.6) is 5.75 Å². The number of amides is 1. The number of hydrogen-bond donors (Lipinski definition) is 1. The van der Waals surface area contributed by atoms with E-state index in [-0.39, 0.29) is 11.3 Å². The number of carbonyl (C=O) groups excluding carboxylic acids is 1. The standard InChI is InChI=1S/C19H17ClN4O5S/c1-28-15-5-3-12(20)17-16(15)21-19(30-17)22-18(25)11-2-4-13(14(10-11)24(26)27)23-6-8-29-9-7-23/h2-5,10H,6-9H2,1H3,(H,21,22,25). The maximum Gasteiger partial charge on any atom is 0.293 e. The highest BCUT2D eigenvalue weighted by Crippen LogP contribution is 2.37. The highest BCUT2D eigenvalue weighted by Gasteiger charge is 2.24. The number of rotatable bonds is 5. The zero-order valence-electron chi connectivity index (χ0n) is 15.9. The second kappa shape index (κ2) is 8.42. The van der Waals surface area contributed by atoms with E-state index in [2.05, 4.69) is 10.3 Å². The summed E-state index contributed by atoms with van der Waals surface area (Å²) in [5.74, 6) is 0.0393. The fourth-order valence-electron chi connectivity index (χ4n) is 3.22. The SMILES string of the molecule is COc1ccc(Cl)c2sc(NC(=O)c3ccc(N4CCOCC4)c([N+](=O)[O-])c3)nc12. The van der Waals surface area contributed by atoms with Crippen LogP contribution in [0, 0.1) is 10.1 Å². The molecule has 0 bridgehead atoms. The van der Waals surface area contributed by atoms with Crippen LogP contribution in [0.2, 0.25) is 5.02 Å². The van der Waals surface area contributed by atoms with Gasteiger partial charge in [0.15, 0.2) is 5.13 Å². The van der Waals surface area contributed by atoms with Crippen LogP contribution in [0.15, 0.2) is 30.3 Å². The number of anilines is 2. The lowest BCUT2D eigenvalue weighted by molar-refractivity contribution is -0.384. The van der Waals surface area contributed by atoms with Crippen molar-refractivity contribution in [2.24, 2.45) is 0 Å². The summed E-state index contributed by atoms with van der Waals surface area (Å²) < 4.78 is 11.3. The summed E-state index contributed by atoms with van der Waals surface area (Å²) in [5, 5.41) is 15.1. The van der Waals surface area contributed by atoms with Gasteiger partial charge in [0.1, 0.15) is 17.0 Å². The summed E-state index contributed by atoms with van der Waals surface area (Å²) in [6, 6.07) is 7.83. The zero-order valence-corrected chi connectivity index (χ0v) is 17.5. The molecule has 1 saturated heterocycles. The van der Waals surface area contributed by atoms with Gasteiger partial charge in [0.05, 0.1) is 35.0 Å². The van der Waals surface area contributed by atoms with Crippen LogP contribution in [0.25, 0.3) is 10.2 Å². The van der Waals surface area contributed by atoms with Crippen LogP contribution in [0.1, 0.15) is 10.4 Å². The Labute approximate surface area is 180 Å². The molecular formula is C19H17ClN4O5S. The van der Waals surface area contributed by atoms with Gasteiger partial charge in [-0.2, -0.15) is 0 Å². The Morgan fingerprint density at radius 2 is 2.10 bits per heavy atom. The molecule has 1 aromatic heterocycles. The molecule has 0 saturated carbocycles. The van der Waals surface area contributed by atoms with Gasteiger partial charge in [-0.1, -0.05) is 22.9 Å². The molecule has 2 aromatic carbocycles. The Morgan fingerprint density at radius 1 is 1.33 bits per heavy atom. The molecule has 11 heteroatoms. The monoisotopic (exact) mass is 448 g/mol. The van der Waals surface area contributed by atoms with E-state index >= 15 is 0 Å². The van der Waals surface area contributed by atoms with Crippen molar-refractivity contribution in [3.63, 3.8) is 0 Å². The van der Waals surface area contributed by atoms with Crippen molar-refractivity contribution in [2.75, 3.05) is 43.6 Å².